The van der Waals surface area contributed by atoms with Crippen molar-refractivity contribution in [2.24, 2.45) is 0 Å². The normalized spacial score (nSPS) is 15.9. The van der Waals surface area contributed by atoms with Gasteiger partial charge < -0.3 is 5.11 Å². The molecule has 0 aromatic carbocycles. The molecule has 0 aliphatic heterocycles. The highest BCUT2D eigenvalue weighted by molar-refractivity contribution is 9.10. The van der Waals surface area contributed by atoms with Crippen LogP contribution in [0.5, 0.6) is 0 Å². The Bertz CT molecular complexity index is 328. The highest BCUT2D eigenvalue weighted by Gasteiger charge is 2.28. The maximum atomic E-state index is 8.98. The Morgan fingerprint density at radius 1 is 1.53 bits per heavy atom. The lowest BCUT2D eigenvalue weighted by atomic mass is 10.2. The van der Waals surface area contributed by atoms with Crippen molar-refractivity contribution in [1.82, 2.24) is 9.88 Å². The number of halogens is 1. The highest BCUT2D eigenvalue weighted by Crippen LogP contribution is 2.28. The van der Waals surface area contributed by atoms with Crippen LogP contribution < -0.4 is 0 Å². The topological polar surface area (TPSA) is 36.4 Å². The summed E-state index contributed by atoms with van der Waals surface area (Å²) in [5.74, 6) is 0. The summed E-state index contributed by atoms with van der Waals surface area (Å²) < 4.78 is 0.875. The Morgan fingerprint density at radius 3 is 2.93 bits per heavy atom. The molecule has 4 heteroatoms. The predicted octanol–water partition coefficient (Wildman–Crippen LogP) is 1.80. The maximum Gasteiger partial charge on any atom is 0.106 e. The Hall–Kier alpha value is -0.450. The quantitative estimate of drug-likeness (QED) is 0.830. The number of aliphatic hydroxyl groups excluding tert-OH is 1. The SMILES string of the molecule is OCCN(Cc1ccnc(Br)c1)C1CC1. The number of rotatable bonds is 5. The summed E-state index contributed by atoms with van der Waals surface area (Å²) in [4.78, 5) is 6.44. The predicted molar refractivity (Wildman–Crippen MR) is 62.5 cm³/mol. The van der Waals surface area contributed by atoms with Crippen LogP contribution in [0, 0.1) is 0 Å². The van der Waals surface area contributed by atoms with Gasteiger partial charge in [-0.15, -0.1) is 0 Å². The lowest BCUT2D eigenvalue weighted by Gasteiger charge is -2.20. The van der Waals surface area contributed by atoms with Gasteiger partial charge in [-0.1, -0.05) is 0 Å². The van der Waals surface area contributed by atoms with Crippen molar-refractivity contribution in [1.29, 1.82) is 0 Å². The summed E-state index contributed by atoms with van der Waals surface area (Å²) in [5.41, 5.74) is 1.25. The fourth-order valence-corrected chi connectivity index (χ4v) is 2.15. The highest BCUT2D eigenvalue weighted by atomic mass is 79.9. The second-order valence-electron chi connectivity index (χ2n) is 3.91. The van der Waals surface area contributed by atoms with Crippen molar-refractivity contribution in [3.05, 3.63) is 28.5 Å². The third-order valence-corrected chi connectivity index (χ3v) is 3.06. The van der Waals surface area contributed by atoms with Crippen LogP contribution in [0.2, 0.25) is 0 Å². The summed E-state index contributed by atoms with van der Waals surface area (Å²) in [6, 6.07) is 4.74. The number of hydrogen-bond acceptors (Lipinski definition) is 3. The van der Waals surface area contributed by atoms with Gasteiger partial charge in [-0.3, -0.25) is 4.90 Å². The van der Waals surface area contributed by atoms with Gasteiger partial charge in [0.2, 0.25) is 0 Å². The zero-order chi connectivity index (χ0) is 10.7. The molecule has 0 unspecified atom stereocenters. The molecule has 15 heavy (non-hydrogen) atoms. The molecule has 1 saturated carbocycles. The molecule has 3 nitrogen and oxygen atoms in total. The Labute approximate surface area is 98.3 Å². The molecule has 0 atom stereocenters. The Morgan fingerprint density at radius 2 is 2.33 bits per heavy atom. The first-order valence-electron chi connectivity index (χ1n) is 5.25. The van der Waals surface area contributed by atoms with Crippen LogP contribution in [-0.2, 0) is 6.54 Å². The van der Waals surface area contributed by atoms with E-state index in [2.05, 4.69) is 25.8 Å². The van der Waals surface area contributed by atoms with E-state index >= 15 is 0 Å². The molecule has 0 bridgehead atoms. The van der Waals surface area contributed by atoms with Crippen molar-refractivity contribution in [3.8, 4) is 0 Å². The number of nitrogens with zero attached hydrogens (tertiary/aromatic N) is 2. The van der Waals surface area contributed by atoms with Gasteiger partial charge in [0.15, 0.2) is 0 Å². The van der Waals surface area contributed by atoms with Crippen LogP contribution in [0.3, 0.4) is 0 Å². The summed E-state index contributed by atoms with van der Waals surface area (Å²) in [5, 5.41) is 8.98. The molecule has 0 saturated heterocycles. The first-order valence-corrected chi connectivity index (χ1v) is 6.04. The molecule has 1 fully saturated rings. The molecule has 0 spiro atoms. The zero-order valence-corrected chi connectivity index (χ0v) is 10.2. The van der Waals surface area contributed by atoms with E-state index in [0.717, 1.165) is 17.7 Å². The number of aliphatic hydroxyl groups is 1. The number of aromatic nitrogens is 1. The molecule has 82 valence electrons. The van der Waals surface area contributed by atoms with Gasteiger partial charge in [-0.25, -0.2) is 4.98 Å². The van der Waals surface area contributed by atoms with Gasteiger partial charge in [0.1, 0.15) is 4.60 Å². The fourth-order valence-electron chi connectivity index (χ4n) is 1.73. The third-order valence-electron chi connectivity index (χ3n) is 2.63. The minimum atomic E-state index is 0.239. The molecule has 2 rings (SSSR count). The zero-order valence-electron chi connectivity index (χ0n) is 8.56. The maximum absolute atomic E-state index is 8.98. The molecule has 1 N–H and O–H groups in total. The summed E-state index contributed by atoms with van der Waals surface area (Å²) in [7, 11) is 0. The molecular formula is C11H15BrN2O. The van der Waals surface area contributed by atoms with Crippen LogP contribution in [0.25, 0.3) is 0 Å². The number of pyridine rings is 1. The minimum absolute atomic E-state index is 0.239. The summed E-state index contributed by atoms with van der Waals surface area (Å²) in [6.07, 6.45) is 4.35. The van der Waals surface area contributed by atoms with Gasteiger partial charge in [0.05, 0.1) is 6.61 Å². The van der Waals surface area contributed by atoms with Gasteiger partial charge in [-0.2, -0.15) is 0 Å². The average Bonchev–Trinajstić information content (AvgIpc) is 3.00. The molecule has 1 aliphatic carbocycles. The molecular weight excluding hydrogens is 256 g/mol. The molecule has 0 radical (unpaired) electrons. The van der Waals surface area contributed by atoms with Crippen molar-refractivity contribution in [2.75, 3.05) is 13.2 Å². The smallest absolute Gasteiger partial charge is 0.106 e. The van der Waals surface area contributed by atoms with Crippen molar-refractivity contribution in [2.45, 2.75) is 25.4 Å². The van der Waals surface area contributed by atoms with E-state index in [1.165, 1.54) is 18.4 Å². The number of hydrogen-bond donors (Lipinski definition) is 1. The first-order chi connectivity index (χ1) is 7.29. The summed E-state index contributed by atoms with van der Waals surface area (Å²) >= 11 is 3.36. The van der Waals surface area contributed by atoms with Crippen LogP contribution in [0.1, 0.15) is 18.4 Å². The Kier molecular flexibility index (Phi) is 3.72. The standard InChI is InChI=1S/C11H15BrN2O/c12-11-7-9(3-4-13-11)8-14(5-6-15)10-1-2-10/h3-4,7,10,15H,1-2,5-6,8H2. The van der Waals surface area contributed by atoms with Gasteiger partial charge in [-0.05, 0) is 46.5 Å². The fraction of sp³-hybridized carbons (Fsp3) is 0.545. The second-order valence-corrected chi connectivity index (χ2v) is 4.72. The van der Waals surface area contributed by atoms with Crippen molar-refractivity contribution >= 4 is 15.9 Å². The second kappa shape index (κ2) is 5.05. The monoisotopic (exact) mass is 270 g/mol. The van der Waals surface area contributed by atoms with E-state index in [1.54, 1.807) is 0 Å². The first kappa shape index (κ1) is 11.0. The average molecular weight is 271 g/mol. The van der Waals surface area contributed by atoms with Crippen molar-refractivity contribution < 1.29 is 5.11 Å². The molecule has 1 heterocycles. The van der Waals surface area contributed by atoms with E-state index < -0.39 is 0 Å². The molecule has 0 amide bonds. The third kappa shape index (κ3) is 3.26. The van der Waals surface area contributed by atoms with Crippen molar-refractivity contribution in [3.63, 3.8) is 0 Å². The largest absolute Gasteiger partial charge is 0.395 e. The van der Waals surface area contributed by atoms with Gasteiger partial charge in [0, 0.05) is 25.3 Å². The van der Waals surface area contributed by atoms with E-state index in [0.29, 0.717) is 6.04 Å². The molecule has 1 aromatic rings. The van der Waals surface area contributed by atoms with Crippen LogP contribution in [0.4, 0.5) is 0 Å². The van der Waals surface area contributed by atoms with Crippen LogP contribution in [0.15, 0.2) is 22.9 Å². The van der Waals surface area contributed by atoms with E-state index in [4.69, 9.17) is 5.11 Å². The van der Waals surface area contributed by atoms with Crippen LogP contribution in [-0.4, -0.2) is 34.2 Å². The minimum Gasteiger partial charge on any atom is -0.395 e. The van der Waals surface area contributed by atoms with Crippen LogP contribution >= 0.6 is 15.9 Å². The van der Waals surface area contributed by atoms with Gasteiger partial charge in [0.25, 0.3) is 0 Å². The lowest BCUT2D eigenvalue weighted by molar-refractivity contribution is 0.183. The Balaban J connectivity index is 1.98. The lowest BCUT2D eigenvalue weighted by Crippen LogP contribution is -2.28. The van der Waals surface area contributed by atoms with E-state index in [1.807, 2.05) is 18.3 Å². The molecule has 1 aliphatic rings. The summed E-state index contributed by atoms with van der Waals surface area (Å²) in [6.45, 7) is 1.92. The van der Waals surface area contributed by atoms with E-state index in [-0.39, 0.29) is 6.61 Å². The van der Waals surface area contributed by atoms with E-state index in [9.17, 15) is 0 Å². The van der Waals surface area contributed by atoms with Gasteiger partial charge >= 0.3 is 0 Å². The molecule has 1 aromatic heterocycles.